The van der Waals surface area contributed by atoms with Crippen molar-refractivity contribution in [2.24, 2.45) is 0 Å². The number of Topliss-reactive ketones (excluding diaryl/α,β-unsaturated/α-hetero) is 1. The first-order valence-corrected chi connectivity index (χ1v) is 7.31. The van der Waals surface area contributed by atoms with Gasteiger partial charge < -0.3 is 0 Å². The van der Waals surface area contributed by atoms with Gasteiger partial charge >= 0.3 is 5.69 Å². The van der Waals surface area contributed by atoms with Gasteiger partial charge in [0, 0.05) is 10.0 Å². The number of aromatic nitrogens is 4. The fraction of sp³-hybridized carbons (Fsp3) is 0.0667. The van der Waals surface area contributed by atoms with Crippen LogP contribution in [0, 0.1) is 0 Å². The highest BCUT2D eigenvalue weighted by Gasteiger charge is 2.13. The molecule has 0 saturated carbocycles. The average molecular weight is 359 g/mol. The van der Waals surface area contributed by atoms with Crippen molar-refractivity contribution in [1.29, 1.82) is 0 Å². The molecule has 0 N–H and O–H groups in total. The minimum Gasteiger partial charge on any atom is -0.292 e. The van der Waals surface area contributed by atoms with Crippen molar-refractivity contribution < 1.29 is 4.79 Å². The number of carbonyl (C=O) groups is 1. The Morgan fingerprint density at radius 2 is 1.68 bits per heavy atom. The van der Waals surface area contributed by atoms with Crippen molar-refractivity contribution >= 4 is 21.7 Å². The molecule has 0 saturated heterocycles. The van der Waals surface area contributed by atoms with Crippen LogP contribution in [0.4, 0.5) is 0 Å². The van der Waals surface area contributed by atoms with Crippen molar-refractivity contribution in [1.82, 2.24) is 19.8 Å². The molecular formula is C15H11BrN4O2. The van der Waals surface area contributed by atoms with Crippen molar-refractivity contribution in [2.75, 3.05) is 0 Å². The summed E-state index contributed by atoms with van der Waals surface area (Å²) in [6.45, 7) is -0.146. The molecule has 0 radical (unpaired) electrons. The summed E-state index contributed by atoms with van der Waals surface area (Å²) in [5.74, 6) is -0.199. The highest BCUT2D eigenvalue weighted by Crippen LogP contribution is 2.11. The molecule has 110 valence electrons. The van der Waals surface area contributed by atoms with Crippen LogP contribution < -0.4 is 5.69 Å². The second-order valence-electron chi connectivity index (χ2n) is 4.60. The number of benzene rings is 2. The van der Waals surface area contributed by atoms with Gasteiger partial charge in [0.1, 0.15) is 6.54 Å². The third kappa shape index (κ3) is 2.89. The highest BCUT2D eigenvalue weighted by atomic mass is 79.9. The zero-order valence-corrected chi connectivity index (χ0v) is 13.0. The summed E-state index contributed by atoms with van der Waals surface area (Å²) in [6.07, 6.45) is 0. The summed E-state index contributed by atoms with van der Waals surface area (Å²) >= 11 is 3.31. The molecule has 0 amide bonds. The number of rotatable bonds is 4. The zero-order valence-electron chi connectivity index (χ0n) is 11.4. The molecule has 0 bridgehead atoms. The van der Waals surface area contributed by atoms with E-state index in [2.05, 4.69) is 26.4 Å². The summed E-state index contributed by atoms with van der Waals surface area (Å²) in [5.41, 5.74) is 0.677. The maximum atomic E-state index is 12.2. The number of hydrogen-bond acceptors (Lipinski definition) is 4. The van der Waals surface area contributed by atoms with Gasteiger partial charge in [0.05, 0.1) is 5.69 Å². The van der Waals surface area contributed by atoms with Crippen LogP contribution in [0.1, 0.15) is 10.4 Å². The molecule has 22 heavy (non-hydrogen) atoms. The molecule has 0 aliphatic heterocycles. The Kier molecular flexibility index (Phi) is 3.97. The molecule has 0 unspecified atom stereocenters. The lowest BCUT2D eigenvalue weighted by Crippen LogP contribution is -2.27. The SMILES string of the molecule is O=C(Cn1nnn(-c2ccccc2)c1=O)c1ccc(Br)cc1. The minimum absolute atomic E-state index is 0.146. The topological polar surface area (TPSA) is 69.8 Å². The van der Waals surface area contributed by atoms with Crippen LogP contribution in [0.25, 0.3) is 5.69 Å². The monoisotopic (exact) mass is 358 g/mol. The van der Waals surface area contributed by atoms with E-state index in [0.29, 0.717) is 11.3 Å². The lowest BCUT2D eigenvalue weighted by Gasteiger charge is -2.00. The third-order valence-corrected chi connectivity index (χ3v) is 3.63. The minimum atomic E-state index is -0.448. The molecule has 0 aliphatic rings. The largest absolute Gasteiger partial charge is 0.368 e. The second-order valence-corrected chi connectivity index (χ2v) is 5.51. The van der Waals surface area contributed by atoms with Crippen LogP contribution in [-0.4, -0.2) is 25.6 Å². The van der Waals surface area contributed by atoms with E-state index in [1.807, 2.05) is 6.07 Å². The molecule has 2 aromatic carbocycles. The Hall–Kier alpha value is -2.54. The predicted molar refractivity (Wildman–Crippen MR) is 84.1 cm³/mol. The Labute approximate surface area is 134 Å². The Morgan fingerprint density at radius 1 is 1.00 bits per heavy atom. The van der Waals surface area contributed by atoms with Crippen LogP contribution in [0.2, 0.25) is 0 Å². The molecule has 0 spiro atoms. The van der Waals surface area contributed by atoms with Gasteiger partial charge in [0.2, 0.25) is 0 Å². The molecule has 6 nitrogen and oxygen atoms in total. The maximum absolute atomic E-state index is 12.2. The summed E-state index contributed by atoms with van der Waals surface area (Å²) in [6, 6.07) is 15.9. The number of tetrazole rings is 1. The first kappa shape index (κ1) is 14.4. The summed E-state index contributed by atoms with van der Waals surface area (Å²) in [7, 11) is 0. The van der Waals surface area contributed by atoms with Gasteiger partial charge in [-0.25, -0.2) is 4.79 Å². The van der Waals surface area contributed by atoms with Gasteiger partial charge in [0.25, 0.3) is 0 Å². The highest BCUT2D eigenvalue weighted by molar-refractivity contribution is 9.10. The van der Waals surface area contributed by atoms with Gasteiger partial charge in [-0.3, -0.25) is 4.79 Å². The van der Waals surface area contributed by atoms with E-state index in [1.54, 1.807) is 48.5 Å². The molecular weight excluding hydrogens is 348 g/mol. The molecule has 3 aromatic rings. The predicted octanol–water partition coefficient (Wildman–Crippen LogP) is 2.07. The van der Waals surface area contributed by atoms with Crippen LogP contribution in [0.15, 0.2) is 63.9 Å². The first-order valence-electron chi connectivity index (χ1n) is 6.52. The molecule has 7 heteroatoms. The zero-order chi connectivity index (χ0) is 15.5. The first-order chi connectivity index (χ1) is 10.6. The van der Waals surface area contributed by atoms with Crippen LogP contribution in [-0.2, 0) is 6.54 Å². The van der Waals surface area contributed by atoms with Crippen LogP contribution in [0.5, 0.6) is 0 Å². The smallest absolute Gasteiger partial charge is 0.292 e. The van der Waals surface area contributed by atoms with E-state index < -0.39 is 5.69 Å². The van der Waals surface area contributed by atoms with Gasteiger partial charge in [-0.05, 0) is 34.7 Å². The number of halogens is 1. The fourth-order valence-electron chi connectivity index (χ4n) is 1.97. The van der Waals surface area contributed by atoms with Crippen LogP contribution >= 0.6 is 15.9 Å². The summed E-state index contributed by atoms with van der Waals surface area (Å²) in [5, 5.41) is 7.57. The van der Waals surface area contributed by atoms with E-state index >= 15 is 0 Å². The van der Waals surface area contributed by atoms with E-state index in [-0.39, 0.29) is 12.3 Å². The normalized spacial score (nSPS) is 10.6. The van der Waals surface area contributed by atoms with Gasteiger partial charge in [-0.15, -0.1) is 0 Å². The lowest BCUT2D eigenvalue weighted by atomic mass is 10.1. The van der Waals surface area contributed by atoms with Gasteiger partial charge in [0.15, 0.2) is 5.78 Å². The number of nitrogens with zero attached hydrogens (tertiary/aromatic N) is 4. The number of ketones is 1. The quantitative estimate of drug-likeness (QED) is 0.669. The molecule has 0 atom stereocenters. The molecule has 3 rings (SSSR count). The van der Waals surface area contributed by atoms with Crippen molar-refractivity contribution in [2.45, 2.75) is 6.54 Å². The summed E-state index contributed by atoms with van der Waals surface area (Å²) in [4.78, 5) is 24.4. The van der Waals surface area contributed by atoms with Crippen molar-refractivity contribution in [3.8, 4) is 5.69 Å². The fourth-order valence-corrected chi connectivity index (χ4v) is 2.23. The Morgan fingerprint density at radius 3 is 2.36 bits per heavy atom. The molecule has 0 aliphatic carbocycles. The molecule has 0 fully saturated rings. The van der Waals surface area contributed by atoms with Crippen molar-refractivity contribution in [3.63, 3.8) is 0 Å². The van der Waals surface area contributed by atoms with E-state index in [1.165, 1.54) is 0 Å². The van der Waals surface area contributed by atoms with Gasteiger partial charge in [-0.2, -0.15) is 9.36 Å². The van der Waals surface area contributed by atoms with E-state index in [4.69, 9.17) is 0 Å². The Bertz CT molecular complexity index is 853. The number of carbonyl (C=O) groups excluding carboxylic acids is 1. The number of para-hydroxylation sites is 1. The van der Waals surface area contributed by atoms with Crippen molar-refractivity contribution in [3.05, 3.63) is 75.1 Å². The third-order valence-electron chi connectivity index (χ3n) is 3.10. The van der Waals surface area contributed by atoms with Crippen LogP contribution in [0.3, 0.4) is 0 Å². The number of hydrogen-bond donors (Lipinski definition) is 0. The van der Waals surface area contributed by atoms with E-state index in [0.717, 1.165) is 13.8 Å². The van der Waals surface area contributed by atoms with E-state index in [9.17, 15) is 9.59 Å². The second kappa shape index (κ2) is 6.07. The van der Waals surface area contributed by atoms with Gasteiger partial charge in [-0.1, -0.05) is 46.3 Å². The molecule has 1 heterocycles. The molecule has 1 aromatic heterocycles. The lowest BCUT2D eigenvalue weighted by molar-refractivity contribution is 0.0965. The standard InChI is InChI=1S/C15H11BrN4O2/c16-12-8-6-11(7-9-12)14(21)10-19-15(22)20(18-17-19)13-4-2-1-3-5-13/h1-9H,10H2. The summed E-state index contributed by atoms with van der Waals surface area (Å²) < 4.78 is 3.10. The maximum Gasteiger partial charge on any atom is 0.368 e. The average Bonchev–Trinajstić information content (AvgIpc) is 2.90. The Balaban J connectivity index is 1.85.